The van der Waals surface area contributed by atoms with E-state index in [-0.39, 0.29) is 6.04 Å². The van der Waals surface area contributed by atoms with Crippen LogP contribution in [0.2, 0.25) is 0 Å². The van der Waals surface area contributed by atoms with Crippen molar-refractivity contribution < 1.29 is 10.4 Å². The first-order chi connectivity index (χ1) is 2.64. The molecule has 38 valence electrons. The van der Waals surface area contributed by atoms with Gasteiger partial charge in [-0.1, -0.05) is 0 Å². The van der Waals surface area contributed by atoms with Crippen LogP contribution in [0.1, 0.15) is 13.8 Å². The molecule has 6 heavy (non-hydrogen) atoms. The van der Waals surface area contributed by atoms with Crippen LogP contribution in [0.4, 0.5) is 0 Å². The molecule has 0 radical (unpaired) electrons. The molecular weight excluding hydrogens is 82.0 g/mol. The Hall–Kier alpha value is -0.120. The molecule has 0 aromatic rings. The molecule has 3 heteroatoms. The predicted molar refractivity (Wildman–Crippen MR) is 21.3 cm³/mol. The van der Waals surface area contributed by atoms with Gasteiger partial charge < -0.3 is 5.21 Å². The van der Waals surface area contributed by atoms with Crippen molar-refractivity contribution in [3.05, 3.63) is 5.21 Å². The Morgan fingerprint density at radius 2 is 1.83 bits per heavy atom. The van der Waals surface area contributed by atoms with Crippen molar-refractivity contribution in [3.8, 4) is 0 Å². The SMILES string of the molecule is CC(C)[NH+]([O-])O. The number of nitrogens with one attached hydrogen (secondary N) is 1. The average molecular weight is 91.1 g/mol. The normalized spacial score (nSPS) is 15.5. The number of rotatable bonds is 1. The number of hydroxylamine groups is 2. The highest BCUT2D eigenvalue weighted by molar-refractivity contribution is 4.24. The summed E-state index contributed by atoms with van der Waals surface area (Å²) in [4.78, 5) is 0. The topological polar surface area (TPSA) is 47.7 Å². The van der Waals surface area contributed by atoms with E-state index >= 15 is 0 Å². The van der Waals surface area contributed by atoms with Gasteiger partial charge in [0.1, 0.15) is 6.04 Å². The quantitative estimate of drug-likeness (QED) is 0.414. The summed E-state index contributed by atoms with van der Waals surface area (Å²) in [6, 6.07) is -0.231. The second-order valence-corrected chi connectivity index (χ2v) is 1.49. The standard InChI is InChI=1S/C3H9NO2/c1-3(2)4(5)6/h3-5H,1-2H3. The average Bonchev–Trinajstić information content (AvgIpc) is 1.36. The summed E-state index contributed by atoms with van der Waals surface area (Å²) in [5, 5.41) is 16.9. The molecule has 0 aliphatic carbocycles. The molecule has 0 heterocycles. The first-order valence-electron chi connectivity index (χ1n) is 1.87. The molecule has 0 aliphatic rings. The highest BCUT2D eigenvalue weighted by Gasteiger charge is 1.93. The Kier molecular flexibility index (Phi) is 2.08. The van der Waals surface area contributed by atoms with E-state index < -0.39 is 5.23 Å². The molecule has 1 unspecified atom stereocenters. The van der Waals surface area contributed by atoms with Crippen LogP contribution in [0.25, 0.3) is 0 Å². The third-order valence-electron chi connectivity index (χ3n) is 0.494. The zero-order chi connectivity index (χ0) is 5.15. The van der Waals surface area contributed by atoms with Crippen molar-refractivity contribution in [1.82, 2.24) is 0 Å². The van der Waals surface area contributed by atoms with Gasteiger partial charge in [0.25, 0.3) is 0 Å². The maximum atomic E-state index is 9.70. The number of hydrogen-bond donors (Lipinski definition) is 2. The molecule has 0 bridgehead atoms. The molecule has 0 aromatic carbocycles. The lowest BCUT2D eigenvalue weighted by Crippen LogP contribution is -3.07. The lowest BCUT2D eigenvalue weighted by molar-refractivity contribution is -1.06. The van der Waals surface area contributed by atoms with Gasteiger partial charge in [-0.05, 0) is 13.8 Å². The van der Waals surface area contributed by atoms with Gasteiger partial charge in [0.15, 0.2) is 0 Å². The van der Waals surface area contributed by atoms with Crippen LogP contribution in [-0.2, 0) is 0 Å². The van der Waals surface area contributed by atoms with E-state index in [0.717, 1.165) is 0 Å². The van der Waals surface area contributed by atoms with Gasteiger partial charge in [0.05, 0.1) is 0 Å². The van der Waals surface area contributed by atoms with Crippen LogP contribution in [0.3, 0.4) is 0 Å². The monoisotopic (exact) mass is 91.1 g/mol. The third kappa shape index (κ3) is 2.14. The Labute approximate surface area is 36.7 Å². The van der Waals surface area contributed by atoms with Gasteiger partial charge in [-0.3, -0.25) is 0 Å². The fourth-order valence-corrected chi connectivity index (χ4v) is 0. The van der Waals surface area contributed by atoms with Gasteiger partial charge >= 0.3 is 0 Å². The Morgan fingerprint density at radius 1 is 1.67 bits per heavy atom. The number of quaternary nitrogens is 1. The first kappa shape index (κ1) is 5.88. The van der Waals surface area contributed by atoms with Gasteiger partial charge in [-0.25, -0.2) is 10.4 Å². The van der Waals surface area contributed by atoms with E-state index in [2.05, 4.69) is 0 Å². The largest absolute Gasteiger partial charge is 0.600 e. The maximum absolute atomic E-state index is 9.70. The highest BCUT2D eigenvalue weighted by atomic mass is 16.8. The van der Waals surface area contributed by atoms with E-state index in [1.807, 2.05) is 0 Å². The fourth-order valence-electron chi connectivity index (χ4n) is 0. The highest BCUT2D eigenvalue weighted by Crippen LogP contribution is 1.60. The van der Waals surface area contributed by atoms with Crippen molar-refractivity contribution in [1.29, 1.82) is 0 Å². The molecule has 0 saturated carbocycles. The van der Waals surface area contributed by atoms with Crippen LogP contribution in [0.5, 0.6) is 0 Å². The van der Waals surface area contributed by atoms with Crippen LogP contribution in [-0.4, -0.2) is 11.2 Å². The van der Waals surface area contributed by atoms with Gasteiger partial charge in [0.2, 0.25) is 0 Å². The van der Waals surface area contributed by atoms with E-state index in [4.69, 9.17) is 5.21 Å². The second kappa shape index (κ2) is 2.12. The third-order valence-corrected chi connectivity index (χ3v) is 0.494. The lowest BCUT2D eigenvalue weighted by atomic mass is 10.4. The van der Waals surface area contributed by atoms with Gasteiger partial charge in [0, 0.05) is 0 Å². The molecule has 0 amide bonds. The zero-order valence-corrected chi connectivity index (χ0v) is 3.93. The lowest BCUT2D eigenvalue weighted by Gasteiger charge is -2.15. The van der Waals surface area contributed by atoms with Crippen LogP contribution >= 0.6 is 0 Å². The maximum Gasteiger partial charge on any atom is 0.111 e. The summed E-state index contributed by atoms with van der Waals surface area (Å²) in [7, 11) is 0. The first-order valence-corrected chi connectivity index (χ1v) is 1.87. The smallest absolute Gasteiger partial charge is 0.111 e. The minimum absolute atomic E-state index is 0.231. The van der Waals surface area contributed by atoms with E-state index in [9.17, 15) is 5.21 Å². The molecule has 0 saturated heterocycles. The summed E-state index contributed by atoms with van der Waals surface area (Å²) in [6.45, 7) is 3.28. The van der Waals surface area contributed by atoms with Crippen LogP contribution < -0.4 is 5.23 Å². The van der Waals surface area contributed by atoms with E-state index in [0.29, 0.717) is 0 Å². The molecule has 0 fully saturated rings. The minimum Gasteiger partial charge on any atom is -0.600 e. The van der Waals surface area contributed by atoms with Crippen molar-refractivity contribution in [3.63, 3.8) is 0 Å². The molecule has 2 N–H and O–H groups in total. The fraction of sp³-hybridized carbons (Fsp3) is 1.00. The summed E-state index contributed by atoms with van der Waals surface area (Å²) in [5.74, 6) is 0. The molecule has 3 nitrogen and oxygen atoms in total. The number of hydrogen-bond acceptors (Lipinski definition) is 2. The summed E-state index contributed by atoms with van der Waals surface area (Å²) in [5.41, 5.74) is 0. The predicted octanol–water partition coefficient (Wildman–Crippen LogP) is -0.833. The van der Waals surface area contributed by atoms with Crippen molar-refractivity contribution in [2.75, 3.05) is 0 Å². The molecule has 0 aromatic heterocycles. The van der Waals surface area contributed by atoms with Crippen molar-refractivity contribution >= 4 is 0 Å². The zero-order valence-electron chi connectivity index (χ0n) is 3.93. The van der Waals surface area contributed by atoms with Crippen LogP contribution in [0, 0.1) is 5.21 Å². The molecule has 0 spiro atoms. The molecular formula is C3H9NO2. The Bertz CT molecular complexity index is 29.8. The summed E-state index contributed by atoms with van der Waals surface area (Å²) in [6.07, 6.45) is 0. The van der Waals surface area contributed by atoms with Gasteiger partial charge in [-0.15, -0.1) is 0 Å². The minimum atomic E-state index is -0.741. The summed E-state index contributed by atoms with van der Waals surface area (Å²) >= 11 is 0. The van der Waals surface area contributed by atoms with E-state index in [1.54, 1.807) is 13.8 Å². The Balaban J connectivity index is 2.99. The van der Waals surface area contributed by atoms with Crippen molar-refractivity contribution in [2.24, 2.45) is 0 Å². The van der Waals surface area contributed by atoms with E-state index in [1.165, 1.54) is 0 Å². The molecule has 0 rings (SSSR count). The van der Waals surface area contributed by atoms with Gasteiger partial charge in [-0.2, -0.15) is 0 Å². The Morgan fingerprint density at radius 3 is 1.83 bits per heavy atom. The second-order valence-electron chi connectivity index (χ2n) is 1.49. The van der Waals surface area contributed by atoms with Crippen molar-refractivity contribution in [2.45, 2.75) is 19.9 Å². The molecule has 1 atom stereocenters. The van der Waals surface area contributed by atoms with Crippen LogP contribution in [0.15, 0.2) is 0 Å². The molecule has 0 aliphatic heterocycles. The summed E-state index contributed by atoms with van der Waals surface area (Å²) < 4.78 is 0.